The first-order chi connectivity index (χ1) is 7.49. The molecule has 0 aliphatic rings. The van der Waals surface area contributed by atoms with Crippen LogP contribution in [0.25, 0.3) is 5.69 Å². The summed E-state index contributed by atoms with van der Waals surface area (Å²) in [7, 11) is 0. The van der Waals surface area contributed by atoms with Crippen LogP contribution >= 0.6 is 23.2 Å². The fourth-order valence-electron chi connectivity index (χ4n) is 1.31. The van der Waals surface area contributed by atoms with Crippen LogP contribution in [0.15, 0.2) is 18.3 Å². The summed E-state index contributed by atoms with van der Waals surface area (Å²) >= 11 is 11.5. The molecule has 0 radical (unpaired) electrons. The number of nitrogens with two attached hydrogens (primary N) is 1. The lowest BCUT2D eigenvalue weighted by atomic mass is 10.2. The van der Waals surface area contributed by atoms with Crippen LogP contribution in [0.1, 0.15) is 5.69 Å². The molecule has 0 bridgehead atoms. The van der Waals surface area contributed by atoms with Crippen LogP contribution in [0.5, 0.6) is 0 Å². The monoisotopic (exact) mass is 259 g/mol. The summed E-state index contributed by atoms with van der Waals surface area (Å²) in [5, 5.41) is 4.58. The van der Waals surface area contributed by atoms with Gasteiger partial charge in [-0.05, 0) is 13.0 Å². The molecule has 6 heteroatoms. The second-order valence-corrected chi connectivity index (χ2v) is 4.15. The average Bonchev–Trinajstić information content (AvgIpc) is 2.53. The number of aromatic nitrogens is 2. The van der Waals surface area contributed by atoms with Gasteiger partial charge in [0.15, 0.2) is 0 Å². The predicted octanol–water partition coefficient (Wildman–Crippen LogP) is 3.21. The molecule has 0 saturated heterocycles. The molecule has 1 aromatic heterocycles. The maximum Gasteiger partial charge on any atom is 0.144 e. The van der Waals surface area contributed by atoms with E-state index < -0.39 is 5.82 Å². The van der Waals surface area contributed by atoms with Gasteiger partial charge in [-0.15, -0.1) is 0 Å². The van der Waals surface area contributed by atoms with Gasteiger partial charge in [-0.2, -0.15) is 5.10 Å². The minimum absolute atomic E-state index is 0.0174. The number of rotatable bonds is 1. The van der Waals surface area contributed by atoms with E-state index in [4.69, 9.17) is 28.9 Å². The first-order valence-corrected chi connectivity index (χ1v) is 5.21. The van der Waals surface area contributed by atoms with Gasteiger partial charge in [0.1, 0.15) is 5.82 Å². The number of nitrogens with zero attached hydrogens (tertiary/aromatic N) is 2. The minimum atomic E-state index is -0.546. The Morgan fingerprint density at radius 1 is 1.31 bits per heavy atom. The van der Waals surface area contributed by atoms with Crippen molar-refractivity contribution in [3.8, 4) is 5.69 Å². The van der Waals surface area contributed by atoms with Gasteiger partial charge < -0.3 is 5.73 Å². The fraction of sp³-hybridized carbons (Fsp3) is 0.100. The molecule has 0 spiro atoms. The Hall–Kier alpha value is -1.26. The zero-order valence-corrected chi connectivity index (χ0v) is 9.85. The molecular weight excluding hydrogens is 252 g/mol. The molecule has 0 aliphatic carbocycles. The normalized spacial score (nSPS) is 10.8. The van der Waals surface area contributed by atoms with Gasteiger partial charge in [-0.3, -0.25) is 0 Å². The van der Waals surface area contributed by atoms with Crippen LogP contribution in [-0.2, 0) is 0 Å². The molecule has 3 nitrogen and oxygen atoms in total. The second kappa shape index (κ2) is 3.96. The Bertz CT molecular complexity index is 532. The van der Waals surface area contributed by atoms with Crippen molar-refractivity contribution in [1.29, 1.82) is 0 Å². The summed E-state index contributed by atoms with van der Waals surface area (Å²) in [5.41, 5.74) is 7.13. The highest BCUT2D eigenvalue weighted by Crippen LogP contribution is 2.26. The van der Waals surface area contributed by atoms with Crippen molar-refractivity contribution in [1.82, 2.24) is 9.78 Å². The minimum Gasteiger partial charge on any atom is -0.397 e. The van der Waals surface area contributed by atoms with Crippen LogP contribution in [0.4, 0.5) is 10.1 Å². The van der Waals surface area contributed by atoms with Crippen molar-refractivity contribution in [3.05, 3.63) is 39.9 Å². The van der Waals surface area contributed by atoms with Crippen molar-refractivity contribution in [2.45, 2.75) is 6.92 Å². The molecule has 1 heterocycles. The SMILES string of the molecule is Cc1nn(-c2cc(F)c(Cl)cc2N)cc1Cl. The van der Waals surface area contributed by atoms with Gasteiger partial charge in [0.25, 0.3) is 0 Å². The first-order valence-electron chi connectivity index (χ1n) is 4.45. The molecule has 84 valence electrons. The van der Waals surface area contributed by atoms with Crippen LogP contribution in [0.2, 0.25) is 10.0 Å². The topological polar surface area (TPSA) is 43.8 Å². The van der Waals surface area contributed by atoms with Crippen LogP contribution in [-0.4, -0.2) is 9.78 Å². The highest BCUT2D eigenvalue weighted by Gasteiger charge is 2.10. The van der Waals surface area contributed by atoms with Crippen LogP contribution < -0.4 is 5.73 Å². The van der Waals surface area contributed by atoms with Crippen molar-refractivity contribution >= 4 is 28.9 Å². The third-order valence-electron chi connectivity index (χ3n) is 2.16. The van der Waals surface area contributed by atoms with Gasteiger partial charge in [-0.1, -0.05) is 23.2 Å². The van der Waals surface area contributed by atoms with Gasteiger partial charge in [-0.25, -0.2) is 9.07 Å². The van der Waals surface area contributed by atoms with Crippen molar-refractivity contribution in [3.63, 3.8) is 0 Å². The van der Waals surface area contributed by atoms with Crippen LogP contribution in [0, 0.1) is 12.7 Å². The van der Waals surface area contributed by atoms with E-state index in [1.807, 2.05) is 0 Å². The lowest BCUT2D eigenvalue weighted by Crippen LogP contribution is -2.01. The molecule has 2 aromatic rings. The Morgan fingerprint density at radius 3 is 2.56 bits per heavy atom. The average molecular weight is 260 g/mol. The van der Waals surface area contributed by atoms with E-state index in [-0.39, 0.29) is 5.02 Å². The van der Waals surface area contributed by atoms with Gasteiger partial charge >= 0.3 is 0 Å². The number of anilines is 1. The van der Waals surface area contributed by atoms with E-state index in [0.29, 0.717) is 22.1 Å². The van der Waals surface area contributed by atoms with E-state index in [1.165, 1.54) is 16.8 Å². The summed E-state index contributed by atoms with van der Waals surface area (Å²) in [5.74, 6) is -0.546. The molecule has 16 heavy (non-hydrogen) atoms. The first kappa shape index (κ1) is 11.2. The van der Waals surface area contributed by atoms with Crippen molar-refractivity contribution < 1.29 is 4.39 Å². The Balaban J connectivity index is 2.60. The van der Waals surface area contributed by atoms with Crippen molar-refractivity contribution in [2.24, 2.45) is 0 Å². The van der Waals surface area contributed by atoms with Crippen molar-refractivity contribution in [2.75, 3.05) is 5.73 Å². The van der Waals surface area contributed by atoms with E-state index >= 15 is 0 Å². The number of halogens is 3. The highest BCUT2D eigenvalue weighted by molar-refractivity contribution is 6.31. The third kappa shape index (κ3) is 1.86. The number of nitrogen functional groups attached to an aromatic ring is 1. The van der Waals surface area contributed by atoms with Crippen LogP contribution in [0.3, 0.4) is 0 Å². The second-order valence-electron chi connectivity index (χ2n) is 3.33. The highest BCUT2D eigenvalue weighted by atomic mass is 35.5. The van der Waals surface area contributed by atoms with E-state index in [9.17, 15) is 4.39 Å². The Labute approximate surface area is 102 Å². The molecule has 0 aliphatic heterocycles. The maximum absolute atomic E-state index is 13.3. The molecule has 2 rings (SSSR count). The van der Waals surface area contributed by atoms with E-state index in [0.717, 1.165) is 0 Å². The Kier molecular flexibility index (Phi) is 2.78. The van der Waals surface area contributed by atoms with Gasteiger partial charge in [0.05, 0.1) is 27.1 Å². The predicted molar refractivity (Wildman–Crippen MR) is 62.7 cm³/mol. The number of hydrogen-bond acceptors (Lipinski definition) is 2. The quantitative estimate of drug-likeness (QED) is 0.800. The molecule has 2 N–H and O–H groups in total. The summed E-state index contributed by atoms with van der Waals surface area (Å²) < 4.78 is 14.7. The zero-order chi connectivity index (χ0) is 11.9. The lowest BCUT2D eigenvalue weighted by Gasteiger charge is -2.06. The summed E-state index contributed by atoms with van der Waals surface area (Å²) in [6.07, 6.45) is 1.57. The van der Waals surface area contributed by atoms with Gasteiger partial charge in [0.2, 0.25) is 0 Å². The van der Waals surface area contributed by atoms with Gasteiger partial charge in [0, 0.05) is 12.3 Å². The molecular formula is C10H8Cl2FN3. The number of hydrogen-bond donors (Lipinski definition) is 1. The standard InChI is InChI=1S/C10H8Cl2FN3/c1-5-7(12)4-16(15-5)10-3-8(13)6(11)2-9(10)14/h2-4H,14H2,1H3. The smallest absolute Gasteiger partial charge is 0.144 e. The molecule has 0 atom stereocenters. The fourth-order valence-corrected chi connectivity index (χ4v) is 1.61. The van der Waals surface area contributed by atoms with E-state index in [2.05, 4.69) is 5.10 Å². The summed E-state index contributed by atoms with van der Waals surface area (Å²) in [6, 6.07) is 2.57. The molecule has 0 saturated carbocycles. The molecule has 0 fully saturated rings. The largest absolute Gasteiger partial charge is 0.397 e. The third-order valence-corrected chi connectivity index (χ3v) is 2.82. The summed E-state index contributed by atoms with van der Waals surface area (Å²) in [4.78, 5) is 0. The Morgan fingerprint density at radius 2 is 2.00 bits per heavy atom. The summed E-state index contributed by atoms with van der Waals surface area (Å²) in [6.45, 7) is 1.75. The number of benzene rings is 1. The number of aryl methyl sites for hydroxylation is 1. The zero-order valence-electron chi connectivity index (χ0n) is 8.34. The maximum atomic E-state index is 13.3. The lowest BCUT2D eigenvalue weighted by molar-refractivity contribution is 0.626. The molecule has 1 aromatic carbocycles. The molecule has 0 amide bonds. The molecule has 0 unspecified atom stereocenters. The van der Waals surface area contributed by atoms with E-state index in [1.54, 1.807) is 13.1 Å².